The van der Waals surface area contributed by atoms with Crippen molar-refractivity contribution in [2.75, 3.05) is 36.6 Å². The number of urea groups is 1. The van der Waals surface area contributed by atoms with Crippen molar-refractivity contribution in [3.05, 3.63) is 59.8 Å². The fourth-order valence-electron chi connectivity index (χ4n) is 2.90. The molecule has 8 nitrogen and oxygen atoms in total. The first-order chi connectivity index (χ1) is 13.4. The van der Waals surface area contributed by atoms with Crippen LogP contribution in [0.15, 0.2) is 48.7 Å². The molecule has 1 aromatic carbocycles. The molecule has 28 heavy (non-hydrogen) atoms. The number of ether oxygens (including phenoxy) is 1. The van der Waals surface area contributed by atoms with Crippen LogP contribution in [0.25, 0.3) is 0 Å². The predicted octanol–water partition coefficient (Wildman–Crippen LogP) is 3.06. The van der Waals surface area contributed by atoms with E-state index in [1.54, 1.807) is 58.5 Å². The second-order valence-corrected chi connectivity index (χ2v) is 8.86. The van der Waals surface area contributed by atoms with Crippen LogP contribution >= 0.6 is 10.6 Å². The molecule has 1 fully saturated rings. The highest BCUT2D eigenvalue weighted by Crippen LogP contribution is 2.40. The molecule has 1 aliphatic heterocycles. The van der Waals surface area contributed by atoms with Crippen LogP contribution in [0.5, 0.6) is 0 Å². The number of anilines is 1. The average molecular weight is 405 g/mol. The monoisotopic (exact) mass is 405 g/mol. The van der Waals surface area contributed by atoms with Crippen molar-refractivity contribution in [1.82, 2.24) is 9.88 Å². The SMILES string of the molecule is COC(=O)c1ccc(CN(C(=O)N2CCS(O)(O)CC2)c2ccccn2)cc1. The summed E-state index contributed by atoms with van der Waals surface area (Å²) in [7, 11) is -1.26. The van der Waals surface area contributed by atoms with E-state index in [0.717, 1.165) is 5.56 Å². The fourth-order valence-corrected chi connectivity index (χ4v) is 4.13. The van der Waals surface area contributed by atoms with Gasteiger partial charge in [0.15, 0.2) is 0 Å². The largest absolute Gasteiger partial charge is 0.465 e. The minimum Gasteiger partial charge on any atom is -0.465 e. The molecule has 0 atom stereocenters. The van der Waals surface area contributed by atoms with Gasteiger partial charge in [0.1, 0.15) is 5.82 Å². The molecule has 3 rings (SSSR count). The van der Waals surface area contributed by atoms with Crippen molar-refractivity contribution in [2.45, 2.75) is 6.54 Å². The van der Waals surface area contributed by atoms with E-state index in [2.05, 4.69) is 4.98 Å². The van der Waals surface area contributed by atoms with Gasteiger partial charge in [-0.15, -0.1) is 0 Å². The van der Waals surface area contributed by atoms with Crippen molar-refractivity contribution in [3.63, 3.8) is 0 Å². The van der Waals surface area contributed by atoms with Crippen LogP contribution in [-0.2, 0) is 11.3 Å². The van der Waals surface area contributed by atoms with Gasteiger partial charge in [0.2, 0.25) is 0 Å². The Morgan fingerprint density at radius 2 is 1.82 bits per heavy atom. The van der Waals surface area contributed by atoms with Gasteiger partial charge in [-0.25, -0.2) is 14.6 Å². The molecule has 0 aliphatic carbocycles. The number of aromatic nitrogens is 1. The van der Waals surface area contributed by atoms with Crippen molar-refractivity contribution in [3.8, 4) is 0 Å². The summed E-state index contributed by atoms with van der Waals surface area (Å²) in [6.07, 6.45) is 1.61. The van der Waals surface area contributed by atoms with Gasteiger partial charge >= 0.3 is 12.0 Å². The summed E-state index contributed by atoms with van der Waals surface area (Å²) >= 11 is 0. The maximum absolute atomic E-state index is 13.1. The molecule has 9 heteroatoms. The Morgan fingerprint density at radius 1 is 1.14 bits per heavy atom. The highest BCUT2D eigenvalue weighted by Gasteiger charge is 2.29. The first-order valence-corrected chi connectivity index (χ1v) is 10.7. The van der Waals surface area contributed by atoms with Crippen LogP contribution in [0.4, 0.5) is 10.6 Å². The van der Waals surface area contributed by atoms with E-state index in [-0.39, 0.29) is 37.2 Å². The Kier molecular flexibility index (Phi) is 6.18. The molecule has 0 spiro atoms. The molecular weight excluding hydrogens is 382 g/mol. The van der Waals surface area contributed by atoms with Crippen LogP contribution in [0.1, 0.15) is 15.9 Å². The Bertz CT molecular complexity index is 819. The molecular formula is C19H23N3O5S. The maximum Gasteiger partial charge on any atom is 0.337 e. The highest BCUT2D eigenvalue weighted by atomic mass is 32.3. The minimum absolute atomic E-state index is 0.183. The Hall–Kier alpha value is -2.62. The Labute approximate surface area is 165 Å². The average Bonchev–Trinajstić information content (AvgIpc) is 2.72. The van der Waals surface area contributed by atoms with Gasteiger partial charge in [0.05, 0.1) is 30.7 Å². The number of amides is 2. The lowest BCUT2D eigenvalue weighted by atomic mass is 10.1. The van der Waals surface area contributed by atoms with E-state index in [1.165, 1.54) is 7.11 Å². The third-order valence-corrected chi connectivity index (χ3v) is 6.19. The summed E-state index contributed by atoms with van der Waals surface area (Å²) in [4.78, 5) is 32.2. The third-order valence-electron chi connectivity index (χ3n) is 4.52. The van der Waals surface area contributed by atoms with Crippen molar-refractivity contribution in [1.29, 1.82) is 0 Å². The first kappa shape index (κ1) is 20.1. The van der Waals surface area contributed by atoms with Gasteiger partial charge < -0.3 is 9.64 Å². The van der Waals surface area contributed by atoms with Gasteiger partial charge in [-0.05, 0) is 29.8 Å². The number of benzene rings is 1. The zero-order valence-electron chi connectivity index (χ0n) is 15.5. The molecule has 0 saturated carbocycles. The van der Waals surface area contributed by atoms with E-state index < -0.39 is 16.6 Å². The smallest absolute Gasteiger partial charge is 0.337 e. The van der Waals surface area contributed by atoms with Crippen LogP contribution in [-0.4, -0.2) is 62.7 Å². The second kappa shape index (κ2) is 8.59. The molecule has 150 valence electrons. The molecule has 2 aromatic rings. The van der Waals surface area contributed by atoms with Crippen molar-refractivity contribution < 1.29 is 23.4 Å². The van der Waals surface area contributed by atoms with Crippen molar-refractivity contribution >= 4 is 28.4 Å². The molecule has 2 amide bonds. The number of nitrogens with zero attached hydrogens (tertiary/aromatic N) is 3. The summed E-state index contributed by atoms with van der Waals surface area (Å²) in [6.45, 7) is 0.835. The molecule has 0 bridgehead atoms. The first-order valence-electron chi connectivity index (χ1n) is 8.78. The zero-order chi connectivity index (χ0) is 20.1. The number of hydrogen-bond donors (Lipinski definition) is 2. The lowest BCUT2D eigenvalue weighted by Crippen LogP contribution is -2.49. The van der Waals surface area contributed by atoms with Gasteiger partial charge in [0, 0.05) is 19.3 Å². The molecule has 1 saturated heterocycles. The van der Waals surface area contributed by atoms with Crippen LogP contribution < -0.4 is 4.90 Å². The molecule has 1 aliphatic rings. The van der Waals surface area contributed by atoms with Gasteiger partial charge in [0.25, 0.3) is 0 Å². The molecule has 0 unspecified atom stereocenters. The summed E-state index contributed by atoms with van der Waals surface area (Å²) in [6, 6.07) is 11.9. The number of pyridine rings is 1. The number of rotatable bonds is 4. The van der Waals surface area contributed by atoms with E-state index in [4.69, 9.17) is 4.74 Å². The third kappa shape index (κ3) is 4.80. The van der Waals surface area contributed by atoms with E-state index in [0.29, 0.717) is 11.4 Å². The van der Waals surface area contributed by atoms with Crippen LogP contribution in [0.2, 0.25) is 0 Å². The van der Waals surface area contributed by atoms with E-state index >= 15 is 0 Å². The predicted molar refractivity (Wildman–Crippen MR) is 108 cm³/mol. The van der Waals surface area contributed by atoms with Crippen LogP contribution in [0, 0.1) is 0 Å². The van der Waals surface area contributed by atoms with Gasteiger partial charge in [-0.3, -0.25) is 14.0 Å². The highest BCUT2D eigenvalue weighted by molar-refractivity contribution is 8.24. The lowest BCUT2D eigenvalue weighted by Gasteiger charge is -2.42. The van der Waals surface area contributed by atoms with Gasteiger partial charge in [-0.1, -0.05) is 18.2 Å². The summed E-state index contributed by atoms with van der Waals surface area (Å²) < 4.78 is 24.3. The quantitative estimate of drug-likeness (QED) is 0.758. The lowest BCUT2D eigenvalue weighted by molar-refractivity contribution is 0.0600. The van der Waals surface area contributed by atoms with E-state index in [9.17, 15) is 18.7 Å². The number of carbonyl (C=O) groups is 2. The number of carbonyl (C=O) groups excluding carboxylic acids is 2. The van der Waals surface area contributed by atoms with Crippen LogP contribution in [0.3, 0.4) is 0 Å². The molecule has 2 N–H and O–H groups in total. The molecule has 2 heterocycles. The second-order valence-electron chi connectivity index (χ2n) is 6.44. The van der Waals surface area contributed by atoms with E-state index in [1.807, 2.05) is 0 Å². The standard InChI is InChI=1S/C19H23N3O5S/c1-27-18(23)16-7-5-15(6-8-16)14-22(17-4-2-3-9-20-17)19(24)21-10-12-28(25,26)13-11-21/h2-9,25-26H,10-14H2,1H3. The molecule has 1 aromatic heterocycles. The molecule has 0 radical (unpaired) electrons. The van der Waals surface area contributed by atoms with Gasteiger partial charge in [-0.2, -0.15) is 10.6 Å². The Balaban J connectivity index is 1.80. The summed E-state index contributed by atoms with van der Waals surface area (Å²) in [5.41, 5.74) is 1.26. The number of esters is 1. The minimum atomic E-state index is -2.59. The number of methoxy groups -OCH3 is 1. The van der Waals surface area contributed by atoms with Crippen molar-refractivity contribution in [2.24, 2.45) is 0 Å². The summed E-state index contributed by atoms with van der Waals surface area (Å²) in [5, 5.41) is 0. The summed E-state index contributed by atoms with van der Waals surface area (Å²) in [5.74, 6) is 0.448. The zero-order valence-corrected chi connectivity index (χ0v) is 16.3. The normalized spacial score (nSPS) is 16.9. The Morgan fingerprint density at radius 3 is 2.39 bits per heavy atom. The topological polar surface area (TPSA) is 103 Å². The number of hydrogen-bond acceptors (Lipinski definition) is 6. The maximum atomic E-state index is 13.1. The fraction of sp³-hybridized carbons (Fsp3) is 0.316.